The van der Waals surface area contributed by atoms with Gasteiger partial charge in [0.05, 0.1) is 18.1 Å². The van der Waals surface area contributed by atoms with E-state index in [0.717, 1.165) is 44.9 Å². The van der Waals surface area contributed by atoms with Gasteiger partial charge in [0.15, 0.2) is 0 Å². The van der Waals surface area contributed by atoms with E-state index in [1.807, 2.05) is 0 Å². The number of carbonyl (C=O) groups is 1. The van der Waals surface area contributed by atoms with Crippen LogP contribution in [-0.4, -0.2) is 33.0 Å². The van der Waals surface area contributed by atoms with E-state index in [2.05, 4.69) is 19.9 Å². The standard InChI is InChI=1S/C21H32O4/c1-19-8-5-14(22)11-13(19)3-4-15-16(19)6-9-20(2)17(15)7-10-21(20,25)12-18(23)24/h3,14-17,22,25H,4-12H2,1-2H3,(H,23,24)/t14-,15+,16-,17-,19+,20-,21-/m1/s1. The van der Waals surface area contributed by atoms with Crippen LogP contribution in [0.5, 0.6) is 0 Å². The van der Waals surface area contributed by atoms with E-state index in [9.17, 15) is 20.1 Å². The minimum Gasteiger partial charge on any atom is -0.481 e. The molecule has 0 spiro atoms. The van der Waals surface area contributed by atoms with Gasteiger partial charge in [0.25, 0.3) is 0 Å². The average molecular weight is 348 g/mol. The van der Waals surface area contributed by atoms with Crippen LogP contribution in [0.25, 0.3) is 0 Å². The quantitative estimate of drug-likeness (QED) is 0.667. The third-order valence-corrected chi connectivity index (χ3v) is 8.84. The first-order chi connectivity index (χ1) is 11.7. The van der Waals surface area contributed by atoms with Crippen molar-refractivity contribution in [2.24, 2.45) is 28.6 Å². The van der Waals surface area contributed by atoms with Gasteiger partial charge in [-0.05, 0) is 80.0 Å². The van der Waals surface area contributed by atoms with Crippen molar-refractivity contribution >= 4 is 5.97 Å². The highest BCUT2D eigenvalue weighted by Crippen LogP contribution is 2.67. The lowest BCUT2D eigenvalue weighted by molar-refractivity contribution is -0.157. The van der Waals surface area contributed by atoms with E-state index in [4.69, 9.17) is 0 Å². The van der Waals surface area contributed by atoms with Gasteiger partial charge in [-0.2, -0.15) is 0 Å². The Bertz CT molecular complexity index is 613. The Hall–Kier alpha value is -0.870. The first-order valence-corrected chi connectivity index (χ1v) is 10.0. The maximum absolute atomic E-state index is 11.3. The number of aliphatic hydroxyl groups is 2. The topological polar surface area (TPSA) is 77.8 Å². The molecule has 0 aromatic rings. The van der Waals surface area contributed by atoms with Crippen LogP contribution in [0.15, 0.2) is 11.6 Å². The summed E-state index contributed by atoms with van der Waals surface area (Å²) in [5.74, 6) is 0.693. The van der Waals surface area contributed by atoms with Crippen LogP contribution < -0.4 is 0 Å². The molecule has 0 aliphatic heterocycles. The SMILES string of the molecule is C[C@]12CC[C@@H](O)CC1=CC[C@H]1[C@H]2CC[C@]2(C)[C@@H]1CC[C@@]2(O)CC(=O)O. The zero-order chi connectivity index (χ0) is 18.0. The molecule has 25 heavy (non-hydrogen) atoms. The summed E-state index contributed by atoms with van der Waals surface area (Å²) in [6.07, 6.45) is 9.45. The molecule has 0 radical (unpaired) electrons. The lowest BCUT2D eigenvalue weighted by atomic mass is 9.47. The van der Waals surface area contributed by atoms with Crippen molar-refractivity contribution in [2.75, 3.05) is 0 Å². The van der Waals surface area contributed by atoms with Crippen LogP contribution in [0.2, 0.25) is 0 Å². The molecule has 4 heteroatoms. The van der Waals surface area contributed by atoms with Crippen LogP contribution >= 0.6 is 0 Å². The molecule has 0 amide bonds. The summed E-state index contributed by atoms with van der Waals surface area (Å²) in [4.78, 5) is 11.3. The number of fused-ring (bicyclic) bond motifs is 5. The van der Waals surface area contributed by atoms with E-state index in [-0.39, 0.29) is 23.4 Å². The lowest BCUT2D eigenvalue weighted by Crippen LogP contribution is -2.55. The van der Waals surface area contributed by atoms with Gasteiger partial charge in [-0.25, -0.2) is 0 Å². The van der Waals surface area contributed by atoms with Crippen molar-refractivity contribution in [3.8, 4) is 0 Å². The van der Waals surface area contributed by atoms with Crippen LogP contribution in [0.3, 0.4) is 0 Å². The summed E-state index contributed by atoms with van der Waals surface area (Å²) in [5.41, 5.74) is 0.316. The Kier molecular flexibility index (Phi) is 3.90. The molecular weight excluding hydrogens is 316 g/mol. The van der Waals surface area contributed by atoms with Crippen LogP contribution in [0, 0.1) is 28.6 Å². The highest BCUT2D eigenvalue weighted by Gasteiger charge is 2.63. The number of rotatable bonds is 2. The zero-order valence-corrected chi connectivity index (χ0v) is 15.5. The predicted octanol–water partition coefficient (Wildman–Crippen LogP) is 3.52. The number of carboxylic acid groups (broad SMARTS) is 1. The van der Waals surface area contributed by atoms with E-state index in [0.29, 0.717) is 24.2 Å². The lowest BCUT2D eigenvalue weighted by Gasteiger charge is -2.59. The number of aliphatic hydroxyl groups excluding tert-OH is 1. The second-order valence-corrected chi connectivity index (χ2v) is 9.75. The summed E-state index contributed by atoms with van der Waals surface area (Å²) < 4.78 is 0. The third-order valence-electron chi connectivity index (χ3n) is 8.84. The Balaban J connectivity index is 1.65. The van der Waals surface area contributed by atoms with Crippen molar-refractivity contribution < 1.29 is 20.1 Å². The molecule has 3 saturated carbocycles. The van der Waals surface area contributed by atoms with E-state index in [1.54, 1.807) is 0 Å². The smallest absolute Gasteiger partial charge is 0.306 e. The fourth-order valence-electron chi connectivity index (χ4n) is 7.29. The van der Waals surface area contributed by atoms with Gasteiger partial charge in [0.1, 0.15) is 0 Å². The van der Waals surface area contributed by atoms with Gasteiger partial charge < -0.3 is 15.3 Å². The minimum absolute atomic E-state index is 0.123. The van der Waals surface area contributed by atoms with E-state index in [1.165, 1.54) is 5.57 Å². The Labute approximate surface area is 150 Å². The van der Waals surface area contributed by atoms with Gasteiger partial charge in [0, 0.05) is 0 Å². The maximum Gasteiger partial charge on any atom is 0.306 e. The van der Waals surface area contributed by atoms with Gasteiger partial charge in [-0.1, -0.05) is 25.5 Å². The number of allylic oxidation sites excluding steroid dienone is 1. The monoisotopic (exact) mass is 348 g/mol. The second kappa shape index (κ2) is 5.56. The molecule has 0 saturated heterocycles. The van der Waals surface area contributed by atoms with E-state index < -0.39 is 11.6 Å². The summed E-state index contributed by atoms with van der Waals surface area (Å²) in [5, 5.41) is 30.6. The Morgan fingerprint density at radius 3 is 2.60 bits per heavy atom. The van der Waals surface area contributed by atoms with Crippen molar-refractivity contribution in [3.63, 3.8) is 0 Å². The predicted molar refractivity (Wildman–Crippen MR) is 94.9 cm³/mol. The Morgan fingerprint density at radius 1 is 1.16 bits per heavy atom. The van der Waals surface area contributed by atoms with Gasteiger partial charge in [0.2, 0.25) is 0 Å². The molecule has 0 aromatic heterocycles. The van der Waals surface area contributed by atoms with Crippen LogP contribution in [0.4, 0.5) is 0 Å². The van der Waals surface area contributed by atoms with E-state index >= 15 is 0 Å². The first kappa shape index (κ1) is 17.5. The average Bonchev–Trinajstić information content (AvgIpc) is 2.79. The van der Waals surface area contributed by atoms with Crippen molar-refractivity contribution in [2.45, 2.75) is 83.3 Å². The zero-order valence-electron chi connectivity index (χ0n) is 15.5. The third kappa shape index (κ3) is 2.36. The molecule has 4 nitrogen and oxygen atoms in total. The summed E-state index contributed by atoms with van der Waals surface area (Å²) in [6.45, 7) is 4.54. The van der Waals surface area contributed by atoms with Crippen molar-refractivity contribution in [3.05, 3.63) is 11.6 Å². The van der Waals surface area contributed by atoms with Crippen molar-refractivity contribution in [1.82, 2.24) is 0 Å². The highest BCUT2D eigenvalue weighted by molar-refractivity contribution is 5.68. The summed E-state index contributed by atoms with van der Waals surface area (Å²) >= 11 is 0. The number of hydrogen-bond donors (Lipinski definition) is 3. The van der Waals surface area contributed by atoms with Gasteiger partial charge in [-0.15, -0.1) is 0 Å². The molecule has 3 N–H and O–H groups in total. The fourth-order valence-corrected chi connectivity index (χ4v) is 7.29. The number of carboxylic acids is 1. The molecule has 3 fully saturated rings. The van der Waals surface area contributed by atoms with Gasteiger partial charge >= 0.3 is 5.97 Å². The first-order valence-electron chi connectivity index (χ1n) is 10.0. The molecule has 4 aliphatic carbocycles. The minimum atomic E-state index is -1.05. The molecule has 0 bridgehead atoms. The number of hydrogen-bond acceptors (Lipinski definition) is 3. The molecule has 0 heterocycles. The normalized spacial score (nSPS) is 51.9. The largest absolute Gasteiger partial charge is 0.481 e. The molecule has 7 atom stereocenters. The molecule has 4 aliphatic rings. The molecule has 0 aromatic carbocycles. The van der Waals surface area contributed by atoms with Crippen molar-refractivity contribution in [1.29, 1.82) is 0 Å². The van der Waals surface area contributed by atoms with Crippen LogP contribution in [-0.2, 0) is 4.79 Å². The molecule has 140 valence electrons. The summed E-state index contributed by atoms with van der Waals surface area (Å²) in [7, 11) is 0. The van der Waals surface area contributed by atoms with Gasteiger partial charge in [-0.3, -0.25) is 4.79 Å². The fraction of sp³-hybridized carbons (Fsp3) is 0.857. The number of aliphatic carboxylic acids is 1. The molecular formula is C21H32O4. The molecule has 4 rings (SSSR count). The Morgan fingerprint density at radius 2 is 1.88 bits per heavy atom. The highest BCUT2D eigenvalue weighted by atomic mass is 16.4. The second-order valence-electron chi connectivity index (χ2n) is 9.75. The molecule has 0 unspecified atom stereocenters. The van der Waals surface area contributed by atoms with Crippen LogP contribution in [0.1, 0.15) is 71.6 Å². The maximum atomic E-state index is 11.3. The summed E-state index contributed by atoms with van der Waals surface area (Å²) in [6, 6.07) is 0.